The van der Waals surface area contributed by atoms with Crippen LogP contribution < -0.4 is 9.62 Å². The van der Waals surface area contributed by atoms with E-state index in [0.717, 1.165) is 18.4 Å². The van der Waals surface area contributed by atoms with Crippen LogP contribution in [0.15, 0.2) is 42.5 Å². The van der Waals surface area contributed by atoms with Gasteiger partial charge in [-0.2, -0.15) is 26.7 Å². The number of nitrogens with zero attached hydrogens (tertiary/aromatic N) is 1. The van der Waals surface area contributed by atoms with Gasteiger partial charge in [-0.15, -0.1) is 0 Å². The van der Waals surface area contributed by atoms with Crippen molar-refractivity contribution >= 4 is 40.9 Å². The molecule has 0 spiro atoms. The molecule has 0 unspecified atom stereocenters. The van der Waals surface area contributed by atoms with Crippen molar-refractivity contribution < 1.29 is 35.6 Å². The first-order chi connectivity index (χ1) is 17.3. The van der Waals surface area contributed by atoms with Gasteiger partial charge in [-0.25, -0.2) is 17.5 Å². The van der Waals surface area contributed by atoms with E-state index in [9.17, 15) is 31.2 Å². The number of hydrogen-bond acceptors (Lipinski definition) is 4. The van der Waals surface area contributed by atoms with Crippen molar-refractivity contribution in [1.29, 1.82) is 0 Å². The van der Waals surface area contributed by atoms with E-state index in [2.05, 4.69) is 4.72 Å². The molecule has 6 nitrogen and oxygen atoms in total. The minimum Gasteiger partial charge on any atom is -0.312 e. The van der Waals surface area contributed by atoms with Gasteiger partial charge < -0.3 is 4.90 Å². The van der Waals surface area contributed by atoms with E-state index in [0.29, 0.717) is 49.0 Å². The Morgan fingerprint density at radius 1 is 1.13 bits per heavy atom. The van der Waals surface area contributed by atoms with Crippen LogP contribution in [0.25, 0.3) is 0 Å². The van der Waals surface area contributed by atoms with Crippen molar-refractivity contribution in [2.45, 2.75) is 50.1 Å². The maximum absolute atomic E-state index is 15.1. The van der Waals surface area contributed by atoms with Gasteiger partial charge in [0.05, 0.1) is 11.8 Å². The number of sulfonamides is 1. The van der Waals surface area contributed by atoms with Gasteiger partial charge in [-0.3, -0.25) is 9.59 Å². The highest BCUT2D eigenvalue weighted by Crippen LogP contribution is 2.49. The molecule has 1 saturated heterocycles. The van der Waals surface area contributed by atoms with E-state index in [1.807, 2.05) is 0 Å². The van der Waals surface area contributed by atoms with Crippen molar-refractivity contribution in [2.75, 3.05) is 24.2 Å². The van der Waals surface area contributed by atoms with Crippen LogP contribution in [0, 0.1) is 11.7 Å². The summed E-state index contributed by atoms with van der Waals surface area (Å²) in [5.74, 6) is -1.65. The first kappa shape index (κ1) is 30.1. The molecule has 0 aromatic heterocycles. The van der Waals surface area contributed by atoms with Crippen molar-refractivity contribution in [3.8, 4) is 0 Å². The van der Waals surface area contributed by atoms with Crippen LogP contribution in [0.4, 0.5) is 23.2 Å². The highest BCUT2D eigenvalue weighted by Gasteiger charge is 2.46. The van der Waals surface area contributed by atoms with Crippen molar-refractivity contribution in [2.24, 2.45) is 5.92 Å². The number of Topliss-reactive ketones (excluding diaryl/α,β-unsaturated/α-hetero) is 1. The number of nitrogens with one attached hydrogen (secondary N) is 1. The normalized spacial score (nSPS) is 19.1. The molecule has 208 valence electrons. The van der Waals surface area contributed by atoms with Gasteiger partial charge in [0, 0.05) is 43.0 Å². The minimum atomic E-state index is -4.45. The van der Waals surface area contributed by atoms with E-state index in [1.165, 1.54) is 23.1 Å². The molecule has 1 aliphatic carbocycles. The Hall–Kier alpha value is -2.44. The summed E-state index contributed by atoms with van der Waals surface area (Å²) in [5, 5.41) is 0. The molecule has 4 rings (SSSR count). The number of ketones is 1. The lowest BCUT2D eigenvalue weighted by Crippen LogP contribution is -2.42. The van der Waals surface area contributed by atoms with Gasteiger partial charge in [-0.05, 0) is 61.1 Å². The maximum atomic E-state index is 15.1. The lowest BCUT2D eigenvalue weighted by atomic mass is 9.89. The molecular formula is C26H30F4N2O4S2. The molecule has 12 heteroatoms. The number of alkyl halides is 3. The van der Waals surface area contributed by atoms with Crippen LogP contribution in [0.3, 0.4) is 0 Å². The third-order valence-corrected chi connectivity index (χ3v) is 7.74. The summed E-state index contributed by atoms with van der Waals surface area (Å²) < 4.78 is 78.7. The third-order valence-electron chi connectivity index (χ3n) is 7.07. The molecular weight excluding hydrogens is 544 g/mol. The molecule has 0 radical (unpaired) electrons. The summed E-state index contributed by atoms with van der Waals surface area (Å²) in [6.45, 7) is 0.482. The average Bonchev–Trinajstić information content (AvgIpc) is 3.59. The molecule has 2 aliphatic rings. The minimum absolute atomic E-state index is 0. The number of benzene rings is 2. The lowest BCUT2D eigenvalue weighted by molar-refractivity contribution is -0.137. The zero-order chi connectivity index (χ0) is 27.0. The summed E-state index contributed by atoms with van der Waals surface area (Å²) in [6, 6.07) is 8.89. The van der Waals surface area contributed by atoms with E-state index in [-0.39, 0.29) is 44.6 Å². The van der Waals surface area contributed by atoms with E-state index >= 15 is 4.39 Å². The predicted octanol–water partition coefficient (Wildman–Crippen LogP) is 4.48. The predicted molar refractivity (Wildman–Crippen MR) is 140 cm³/mol. The van der Waals surface area contributed by atoms with Crippen LogP contribution in [0.1, 0.15) is 48.8 Å². The molecule has 1 atom stereocenters. The van der Waals surface area contributed by atoms with E-state index in [4.69, 9.17) is 0 Å². The second-order valence-corrected chi connectivity index (χ2v) is 11.8. The summed E-state index contributed by atoms with van der Waals surface area (Å²) in [5.41, 5.74) is -0.169. The number of hydrogen-bond donors (Lipinski definition) is 1. The fraction of sp³-hybridized carbons (Fsp3) is 0.462. The molecule has 1 heterocycles. The second-order valence-electron chi connectivity index (χ2n) is 9.98. The Balaban J connectivity index is 0.00000400. The summed E-state index contributed by atoms with van der Waals surface area (Å²) in [4.78, 5) is 27.2. The molecule has 2 aromatic carbocycles. The monoisotopic (exact) mass is 574 g/mol. The zero-order valence-corrected chi connectivity index (χ0v) is 22.6. The topological polar surface area (TPSA) is 83.6 Å². The van der Waals surface area contributed by atoms with E-state index in [1.54, 1.807) is 12.1 Å². The SMILES string of the molecule is CS(=O)(=O)NCC1(c2ccc(N3CCC[C@H](CC(=O)Cc4ccc(C(F)(F)F)cc4)C3=O)cc2F)CC1.S. The number of carbonyl (C=O) groups is 2. The molecule has 2 aromatic rings. The van der Waals surface area contributed by atoms with Gasteiger partial charge >= 0.3 is 6.18 Å². The Morgan fingerprint density at radius 3 is 2.34 bits per heavy atom. The largest absolute Gasteiger partial charge is 0.416 e. The first-order valence-corrected chi connectivity index (χ1v) is 13.9. The molecule has 1 amide bonds. The van der Waals surface area contributed by atoms with Gasteiger partial charge in [0.25, 0.3) is 0 Å². The van der Waals surface area contributed by atoms with Crippen molar-refractivity contribution in [1.82, 2.24) is 4.72 Å². The maximum Gasteiger partial charge on any atom is 0.416 e. The van der Waals surface area contributed by atoms with Crippen LogP contribution in [0.2, 0.25) is 0 Å². The van der Waals surface area contributed by atoms with Gasteiger partial charge in [0.1, 0.15) is 11.6 Å². The van der Waals surface area contributed by atoms with Crippen LogP contribution in [-0.4, -0.2) is 39.5 Å². The fourth-order valence-electron chi connectivity index (χ4n) is 4.85. The van der Waals surface area contributed by atoms with Crippen LogP contribution >= 0.6 is 13.5 Å². The molecule has 1 N–H and O–H groups in total. The summed E-state index contributed by atoms with van der Waals surface area (Å²) >= 11 is 0. The highest BCUT2D eigenvalue weighted by atomic mass is 32.2. The Morgan fingerprint density at radius 2 is 1.79 bits per heavy atom. The van der Waals surface area contributed by atoms with Gasteiger partial charge in [-0.1, -0.05) is 18.2 Å². The molecule has 1 saturated carbocycles. The van der Waals surface area contributed by atoms with Gasteiger partial charge in [0.2, 0.25) is 15.9 Å². The van der Waals surface area contributed by atoms with Gasteiger partial charge in [0.15, 0.2) is 0 Å². The van der Waals surface area contributed by atoms with Crippen molar-refractivity contribution in [3.63, 3.8) is 0 Å². The Bertz CT molecular complexity index is 1290. The smallest absolute Gasteiger partial charge is 0.312 e. The molecule has 2 fully saturated rings. The lowest BCUT2D eigenvalue weighted by Gasteiger charge is -2.32. The second kappa shape index (κ2) is 11.4. The summed E-state index contributed by atoms with van der Waals surface area (Å²) in [7, 11) is -3.41. The van der Waals surface area contributed by atoms with E-state index < -0.39 is 38.9 Å². The Kier molecular flexibility index (Phi) is 8.99. The first-order valence-electron chi connectivity index (χ1n) is 12.0. The average molecular weight is 575 g/mol. The third kappa shape index (κ3) is 7.15. The zero-order valence-electron chi connectivity index (χ0n) is 20.8. The number of carbonyl (C=O) groups excluding carboxylic acids is 2. The van der Waals surface area contributed by atoms with Crippen LogP contribution in [0.5, 0.6) is 0 Å². The highest BCUT2D eigenvalue weighted by molar-refractivity contribution is 7.88. The quantitative estimate of drug-likeness (QED) is 0.448. The summed E-state index contributed by atoms with van der Waals surface area (Å²) in [6.07, 6.45) is -1.11. The number of anilines is 1. The number of piperidine rings is 1. The standard InChI is InChI=1S/C26H28F4N2O4S.H2S/c1-37(35,36)31-16-25(10-11-25)22-9-8-20(15-23(22)27)32-12-2-3-18(24(32)34)14-21(33)13-17-4-6-19(7-5-17)26(28,29)30;/h4-9,15,18,31H,2-3,10-14,16H2,1H3;1H2/t18-;/m1./s1. The molecule has 0 bridgehead atoms. The molecule has 1 aliphatic heterocycles. The van der Waals surface area contributed by atoms with Crippen molar-refractivity contribution in [3.05, 3.63) is 65.0 Å². The Labute approximate surface area is 226 Å². The number of rotatable bonds is 9. The fourth-order valence-corrected chi connectivity index (χ4v) is 5.38. The number of amides is 1. The number of halogens is 4. The molecule has 38 heavy (non-hydrogen) atoms. The van der Waals surface area contributed by atoms with Crippen LogP contribution in [-0.2, 0) is 37.6 Å².